The Bertz CT molecular complexity index is 339. The van der Waals surface area contributed by atoms with Crippen molar-refractivity contribution in [1.29, 1.82) is 0 Å². The van der Waals surface area contributed by atoms with Crippen LogP contribution >= 0.6 is 0 Å². The molecular formula is C13H23NO5. The standard InChI is InChI=1S/C13H23NO5/c1-9-5-6-13(8-18-9,7-10(15)16)14-11(17)19-12(2,3)4/h9H,5-8H2,1-4H3,(H,14,17)(H,15,16). The second-order valence-electron chi connectivity index (χ2n) is 6.14. The molecule has 6 heteroatoms. The lowest BCUT2D eigenvalue weighted by Crippen LogP contribution is -2.57. The summed E-state index contributed by atoms with van der Waals surface area (Å²) >= 11 is 0. The number of carboxylic acid groups (broad SMARTS) is 1. The molecule has 110 valence electrons. The molecule has 0 spiro atoms. The highest BCUT2D eigenvalue weighted by molar-refractivity contribution is 5.73. The monoisotopic (exact) mass is 273 g/mol. The molecule has 2 atom stereocenters. The number of carboxylic acids is 1. The Morgan fingerprint density at radius 3 is 2.53 bits per heavy atom. The van der Waals surface area contributed by atoms with Crippen LogP contribution in [0.2, 0.25) is 0 Å². The fourth-order valence-electron chi connectivity index (χ4n) is 2.03. The van der Waals surface area contributed by atoms with Gasteiger partial charge in [0.15, 0.2) is 0 Å². The van der Waals surface area contributed by atoms with Gasteiger partial charge in [-0.1, -0.05) is 0 Å². The molecule has 0 aromatic heterocycles. The molecule has 0 aliphatic carbocycles. The Labute approximate surface area is 113 Å². The van der Waals surface area contributed by atoms with Gasteiger partial charge < -0.3 is 19.9 Å². The van der Waals surface area contributed by atoms with Gasteiger partial charge in [-0.15, -0.1) is 0 Å². The minimum absolute atomic E-state index is 0.0855. The van der Waals surface area contributed by atoms with Crippen molar-refractivity contribution in [2.24, 2.45) is 0 Å². The molecule has 0 aromatic rings. The quantitative estimate of drug-likeness (QED) is 0.820. The number of hydrogen-bond donors (Lipinski definition) is 2. The minimum Gasteiger partial charge on any atom is -0.481 e. The molecule has 0 saturated carbocycles. The van der Waals surface area contributed by atoms with Crippen LogP contribution < -0.4 is 5.32 Å². The van der Waals surface area contributed by atoms with E-state index in [4.69, 9.17) is 14.6 Å². The lowest BCUT2D eigenvalue weighted by molar-refractivity contribution is -0.141. The highest BCUT2D eigenvalue weighted by Gasteiger charge is 2.39. The molecule has 2 N–H and O–H groups in total. The van der Waals surface area contributed by atoms with Gasteiger partial charge in [0, 0.05) is 0 Å². The average Bonchev–Trinajstić information content (AvgIpc) is 2.18. The molecule has 19 heavy (non-hydrogen) atoms. The van der Waals surface area contributed by atoms with E-state index in [1.807, 2.05) is 6.92 Å². The van der Waals surface area contributed by atoms with Gasteiger partial charge in [-0.05, 0) is 40.5 Å². The van der Waals surface area contributed by atoms with Gasteiger partial charge in [0.1, 0.15) is 5.60 Å². The maximum absolute atomic E-state index is 11.8. The first-order chi connectivity index (χ1) is 8.62. The van der Waals surface area contributed by atoms with E-state index in [2.05, 4.69) is 5.32 Å². The van der Waals surface area contributed by atoms with E-state index >= 15 is 0 Å². The summed E-state index contributed by atoms with van der Waals surface area (Å²) in [6, 6.07) is 0. The lowest BCUT2D eigenvalue weighted by Gasteiger charge is -2.39. The van der Waals surface area contributed by atoms with E-state index in [0.29, 0.717) is 12.8 Å². The first-order valence-corrected chi connectivity index (χ1v) is 6.46. The predicted octanol–water partition coefficient (Wildman–Crippen LogP) is 1.92. The molecular weight excluding hydrogens is 250 g/mol. The highest BCUT2D eigenvalue weighted by Crippen LogP contribution is 2.26. The van der Waals surface area contributed by atoms with Crippen molar-refractivity contribution in [1.82, 2.24) is 5.32 Å². The van der Waals surface area contributed by atoms with Gasteiger partial charge in [0.2, 0.25) is 0 Å². The Kier molecular flexibility index (Phi) is 4.79. The number of ether oxygens (including phenoxy) is 2. The first kappa shape index (κ1) is 15.8. The number of hydrogen-bond acceptors (Lipinski definition) is 4. The summed E-state index contributed by atoms with van der Waals surface area (Å²) in [6.07, 6.45) is 0.594. The lowest BCUT2D eigenvalue weighted by atomic mass is 9.87. The van der Waals surface area contributed by atoms with Crippen molar-refractivity contribution in [2.75, 3.05) is 6.61 Å². The number of alkyl carbamates (subject to hydrolysis) is 1. The SMILES string of the molecule is CC1CCC(CC(=O)O)(NC(=O)OC(C)(C)C)CO1. The molecule has 1 amide bonds. The van der Waals surface area contributed by atoms with Crippen LogP contribution in [-0.4, -0.2) is 41.0 Å². The van der Waals surface area contributed by atoms with Crippen LogP contribution in [0.15, 0.2) is 0 Å². The number of aliphatic carboxylic acids is 1. The summed E-state index contributed by atoms with van der Waals surface area (Å²) in [5.41, 5.74) is -1.49. The second-order valence-corrected chi connectivity index (χ2v) is 6.14. The number of carbonyl (C=O) groups is 2. The van der Waals surface area contributed by atoms with Gasteiger partial charge in [-0.3, -0.25) is 4.79 Å². The summed E-state index contributed by atoms with van der Waals surface area (Å²) in [5, 5.41) is 11.7. The van der Waals surface area contributed by atoms with Gasteiger partial charge in [0.25, 0.3) is 0 Å². The molecule has 1 fully saturated rings. The smallest absolute Gasteiger partial charge is 0.408 e. The third-order valence-corrected chi connectivity index (χ3v) is 2.93. The molecule has 0 aromatic carbocycles. The predicted molar refractivity (Wildman–Crippen MR) is 69.0 cm³/mol. The van der Waals surface area contributed by atoms with Gasteiger partial charge in [-0.25, -0.2) is 4.79 Å². The Morgan fingerprint density at radius 1 is 1.47 bits per heavy atom. The van der Waals surface area contributed by atoms with Gasteiger partial charge in [0.05, 0.1) is 24.7 Å². The van der Waals surface area contributed by atoms with E-state index < -0.39 is 23.2 Å². The molecule has 1 heterocycles. The van der Waals surface area contributed by atoms with Gasteiger partial charge >= 0.3 is 12.1 Å². The summed E-state index contributed by atoms with van der Waals surface area (Å²) < 4.78 is 10.7. The van der Waals surface area contributed by atoms with Crippen molar-refractivity contribution in [2.45, 2.75) is 64.2 Å². The van der Waals surface area contributed by atoms with Crippen LogP contribution in [0.3, 0.4) is 0 Å². The minimum atomic E-state index is -0.964. The third kappa shape index (κ3) is 5.46. The van der Waals surface area contributed by atoms with E-state index in [0.717, 1.165) is 0 Å². The van der Waals surface area contributed by atoms with Crippen LogP contribution in [0.4, 0.5) is 4.79 Å². The Hall–Kier alpha value is -1.30. The number of amides is 1. The van der Waals surface area contributed by atoms with Crippen LogP contribution in [0, 0.1) is 0 Å². The van der Waals surface area contributed by atoms with E-state index in [1.54, 1.807) is 20.8 Å². The van der Waals surface area contributed by atoms with Crippen molar-refractivity contribution in [3.8, 4) is 0 Å². The van der Waals surface area contributed by atoms with Crippen molar-refractivity contribution in [3.63, 3.8) is 0 Å². The summed E-state index contributed by atoms with van der Waals surface area (Å²) in [5.74, 6) is -0.964. The largest absolute Gasteiger partial charge is 0.481 e. The molecule has 0 bridgehead atoms. The molecule has 1 aliphatic heterocycles. The van der Waals surface area contributed by atoms with Crippen molar-refractivity contribution in [3.05, 3.63) is 0 Å². The fraction of sp³-hybridized carbons (Fsp3) is 0.846. The molecule has 1 aliphatic rings. The van der Waals surface area contributed by atoms with E-state index in [-0.39, 0.29) is 19.1 Å². The van der Waals surface area contributed by atoms with Crippen LogP contribution in [0.25, 0.3) is 0 Å². The molecule has 2 unspecified atom stereocenters. The maximum Gasteiger partial charge on any atom is 0.408 e. The summed E-state index contributed by atoms with van der Waals surface area (Å²) in [7, 11) is 0. The zero-order valence-electron chi connectivity index (χ0n) is 12.0. The first-order valence-electron chi connectivity index (χ1n) is 6.46. The van der Waals surface area contributed by atoms with Crippen LogP contribution in [0.5, 0.6) is 0 Å². The fourth-order valence-corrected chi connectivity index (χ4v) is 2.03. The summed E-state index contributed by atoms with van der Waals surface area (Å²) in [4.78, 5) is 22.8. The second kappa shape index (κ2) is 5.77. The Morgan fingerprint density at radius 2 is 2.11 bits per heavy atom. The molecule has 6 nitrogen and oxygen atoms in total. The average molecular weight is 273 g/mol. The van der Waals surface area contributed by atoms with E-state index in [1.165, 1.54) is 0 Å². The van der Waals surface area contributed by atoms with Crippen LogP contribution in [0.1, 0.15) is 47.0 Å². The molecule has 1 rings (SSSR count). The zero-order chi connectivity index (χ0) is 14.7. The van der Waals surface area contributed by atoms with Gasteiger partial charge in [-0.2, -0.15) is 0 Å². The number of rotatable bonds is 3. The third-order valence-electron chi connectivity index (χ3n) is 2.93. The summed E-state index contributed by atoms with van der Waals surface area (Å²) in [6.45, 7) is 7.40. The van der Waals surface area contributed by atoms with E-state index in [9.17, 15) is 9.59 Å². The topological polar surface area (TPSA) is 84.9 Å². The molecule has 0 radical (unpaired) electrons. The van der Waals surface area contributed by atoms with Crippen LogP contribution in [-0.2, 0) is 14.3 Å². The zero-order valence-corrected chi connectivity index (χ0v) is 12.0. The Balaban J connectivity index is 2.70. The van der Waals surface area contributed by atoms with Crippen molar-refractivity contribution < 1.29 is 24.2 Å². The molecule has 1 saturated heterocycles. The maximum atomic E-state index is 11.8. The highest BCUT2D eigenvalue weighted by atomic mass is 16.6. The number of nitrogens with one attached hydrogen (secondary N) is 1. The van der Waals surface area contributed by atoms with Crippen molar-refractivity contribution >= 4 is 12.1 Å². The number of carbonyl (C=O) groups excluding carboxylic acids is 1. The normalized spacial score (nSPS) is 27.7.